The van der Waals surface area contributed by atoms with Crippen molar-refractivity contribution in [2.45, 2.75) is 12.8 Å². The van der Waals surface area contributed by atoms with Crippen molar-refractivity contribution in [3.63, 3.8) is 0 Å². The molecule has 1 aromatic heterocycles. The molecule has 3 aromatic rings. The molecule has 1 heterocycles. The van der Waals surface area contributed by atoms with Crippen molar-refractivity contribution in [1.82, 2.24) is 15.8 Å². The number of halogens is 2. The largest absolute Gasteiger partial charge is 0.273 e. The fraction of sp³-hybridized carbons (Fsp3) is 0.105. The Hall–Kier alpha value is -3.13. The van der Waals surface area contributed by atoms with Gasteiger partial charge in [0.05, 0.1) is 18.5 Å². The molecule has 0 unspecified atom stereocenters. The lowest BCUT2D eigenvalue weighted by Gasteiger charge is -2.07. The number of hydrogen-bond donors (Lipinski definition) is 2. The Labute approximate surface area is 158 Å². The van der Waals surface area contributed by atoms with Gasteiger partial charge in [-0.25, -0.2) is 13.8 Å². The predicted octanol–water partition coefficient (Wildman–Crippen LogP) is 3.02. The van der Waals surface area contributed by atoms with E-state index in [4.69, 9.17) is 0 Å². The standard InChI is InChI=1S/C19H15F2N3O2S/c20-14-7-5-12(6-8-14)19-22-15(11-27-19)10-18(26)24-23-17(25)9-13-3-1-2-4-16(13)21/h1-8,11H,9-10H2,(H,23,25)(H,24,26). The van der Waals surface area contributed by atoms with Crippen LogP contribution in [0.4, 0.5) is 8.78 Å². The lowest BCUT2D eigenvalue weighted by Crippen LogP contribution is -2.43. The minimum atomic E-state index is -0.529. The highest BCUT2D eigenvalue weighted by Crippen LogP contribution is 2.24. The quantitative estimate of drug-likeness (QED) is 0.661. The van der Waals surface area contributed by atoms with E-state index in [-0.39, 0.29) is 24.2 Å². The first-order valence-electron chi connectivity index (χ1n) is 8.02. The number of carbonyl (C=O) groups is 2. The van der Waals surface area contributed by atoms with E-state index >= 15 is 0 Å². The maximum atomic E-state index is 13.5. The highest BCUT2D eigenvalue weighted by atomic mass is 32.1. The second kappa shape index (κ2) is 8.50. The fourth-order valence-electron chi connectivity index (χ4n) is 2.32. The summed E-state index contributed by atoms with van der Waals surface area (Å²) in [6, 6.07) is 11.8. The van der Waals surface area contributed by atoms with Crippen LogP contribution in [0.5, 0.6) is 0 Å². The van der Waals surface area contributed by atoms with E-state index in [9.17, 15) is 18.4 Å². The molecule has 0 spiro atoms. The molecule has 0 aliphatic rings. The number of benzene rings is 2. The molecule has 0 aliphatic carbocycles. The first-order chi connectivity index (χ1) is 13.0. The van der Waals surface area contributed by atoms with Gasteiger partial charge in [0, 0.05) is 10.9 Å². The minimum Gasteiger partial charge on any atom is -0.273 e. The third-order valence-corrected chi connectivity index (χ3v) is 4.57. The molecule has 138 valence electrons. The van der Waals surface area contributed by atoms with Crippen molar-refractivity contribution in [1.29, 1.82) is 0 Å². The Morgan fingerprint density at radius 2 is 1.59 bits per heavy atom. The molecule has 2 N–H and O–H groups in total. The van der Waals surface area contributed by atoms with Gasteiger partial charge in [0.1, 0.15) is 16.6 Å². The first kappa shape index (κ1) is 18.7. The van der Waals surface area contributed by atoms with Crippen molar-refractivity contribution < 1.29 is 18.4 Å². The molecule has 0 radical (unpaired) electrons. The van der Waals surface area contributed by atoms with Crippen LogP contribution in [0.1, 0.15) is 11.3 Å². The number of aromatic nitrogens is 1. The zero-order chi connectivity index (χ0) is 19.2. The van der Waals surface area contributed by atoms with Crippen molar-refractivity contribution in [3.8, 4) is 10.6 Å². The molecule has 0 aliphatic heterocycles. The molecule has 27 heavy (non-hydrogen) atoms. The summed E-state index contributed by atoms with van der Waals surface area (Å²) in [5.41, 5.74) is 6.06. The van der Waals surface area contributed by atoms with Crippen molar-refractivity contribution in [2.75, 3.05) is 0 Å². The average Bonchev–Trinajstić information content (AvgIpc) is 3.11. The first-order valence-corrected chi connectivity index (χ1v) is 8.90. The molecule has 0 saturated heterocycles. The van der Waals surface area contributed by atoms with E-state index in [0.29, 0.717) is 10.7 Å². The summed E-state index contributed by atoms with van der Waals surface area (Å²) in [5, 5.41) is 2.39. The van der Waals surface area contributed by atoms with Crippen molar-refractivity contribution in [3.05, 3.63) is 76.8 Å². The second-order valence-corrected chi connectivity index (χ2v) is 6.55. The Balaban J connectivity index is 1.50. The van der Waals surface area contributed by atoms with Gasteiger partial charge in [0.2, 0.25) is 11.8 Å². The molecule has 5 nitrogen and oxygen atoms in total. The number of thiazole rings is 1. The summed E-state index contributed by atoms with van der Waals surface area (Å²) in [7, 11) is 0. The van der Waals surface area contributed by atoms with Gasteiger partial charge in [-0.2, -0.15) is 0 Å². The van der Waals surface area contributed by atoms with Gasteiger partial charge in [-0.05, 0) is 35.9 Å². The molecule has 2 aromatic carbocycles. The van der Waals surface area contributed by atoms with Gasteiger partial charge < -0.3 is 0 Å². The van der Waals surface area contributed by atoms with E-state index in [1.807, 2.05) is 0 Å². The van der Waals surface area contributed by atoms with E-state index < -0.39 is 17.6 Å². The van der Waals surface area contributed by atoms with E-state index in [1.54, 1.807) is 23.6 Å². The summed E-state index contributed by atoms with van der Waals surface area (Å²) in [6.45, 7) is 0. The van der Waals surface area contributed by atoms with Crippen LogP contribution in [0.15, 0.2) is 53.9 Å². The lowest BCUT2D eigenvalue weighted by molar-refractivity contribution is -0.128. The lowest BCUT2D eigenvalue weighted by atomic mass is 10.1. The molecule has 2 amide bonds. The summed E-state index contributed by atoms with van der Waals surface area (Å²) >= 11 is 1.34. The third kappa shape index (κ3) is 5.18. The highest BCUT2D eigenvalue weighted by Gasteiger charge is 2.11. The topological polar surface area (TPSA) is 71.1 Å². The van der Waals surface area contributed by atoms with Crippen LogP contribution >= 0.6 is 11.3 Å². The average molecular weight is 387 g/mol. The Morgan fingerprint density at radius 3 is 2.30 bits per heavy atom. The Morgan fingerprint density at radius 1 is 0.926 bits per heavy atom. The second-order valence-electron chi connectivity index (χ2n) is 5.69. The van der Waals surface area contributed by atoms with E-state index in [2.05, 4.69) is 15.8 Å². The number of nitrogens with one attached hydrogen (secondary N) is 2. The Bertz CT molecular complexity index is 958. The Kier molecular flexibility index (Phi) is 5.87. The van der Waals surface area contributed by atoms with Crippen molar-refractivity contribution in [2.24, 2.45) is 0 Å². The number of nitrogens with zero attached hydrogens (tertiary/aromatic N) is 1. The predicted molar refractivity (Wildman–Crippen MR) is 97.6 cm³/mol. The van der Waals surface area contributed by atoms with Crippen LogP contribution < -0.4 is 10.9 Å². The van der Waals surface area contributed by atoms with E-state index in [1.165, 1.54) is 41.7 Å². The van der Waals surface area contributed by atoms with Crippen LogP contribution in [0, 0.1) is 11.6 Å². The van der Waals surface area contributed by atoms with Gasteiger partial charge in [-0.1, -0.05) is 18.2 Å². The number of rotatable bonds is 5. The smallest absolute Gasteiger partial charge is 0.244 e. The highest BCUT2D eigenvalue weighted by molar-refractivity contribution is 7.13. The zero-order valence-corrected chi connectivity index (χ0v) is 14.9. The van der Waals surface area contributed by atoms with Crippen LogP contribution in [0.25, 0.3) is 10.6 Å². The molecule has 8 heteroatoms. The normalized spacial score (nSPS) is 10.4. The molecule has 0 fully saturated rings. The summed E-state index contributed by atoms with van der Waals surface area (Å²) < 4.78 is 26.5. The molecular weight excluding hydrogens is 372 g/mol. The summed E-state index contributed by atoms with van der Waals surface area (Å²) in [5.74, 6) is -1.79. The number of carbonyl (C=O) groups excluding carboxylic acids is 2. The van der Waals surface area contributed by atoms with Gasteiger partial charge in [-0.3, -0.25) is 20.4 Å². The van der Waals surface area contributed by atoms with Gasteiger partial charge in [-0.15, -0.1) is 11.3 Å². The molecule has 0 saturated carbocycles. The number of amides is 2. The third-order valence-electron chi connectivity index (χ3n) is 3.63. The van der Waals surface area contributed by atoms with Crippen LogP contribution in [0.2, 0.25) is 0 Å². The molecular formula is C19H15F2N3O2S. The summed E-state index contributed by atoms with van der Waals surface area (Å²) in [6.07, 6.45) is -0.212. The van der Waals surface area contributed by atoms with Crippen LogP contribution in [0.3, 0.4) is 0 Å². The SMILES string of the molecule is O=C(Cc1csc(-c2ccc(F)cc2)n1)NNC(=O)Cc1ccccc1F. The van der Waals surface area contributed by atoms with Crippen LogP contribution in [-0.2, 0) is 22.4 Å². The molecule has 0 bridgehead atoms. The monoisotopic (exact) mass is 387 g/mol. The summed E-state index contributed by atoms with van der Waals surface area (Å²) in [4.78, 5) is 28.1. The van der Waals surface area contributed by atoms with Gasteiger partial charge in [0.15, 0.2) is 0 Å². The van der Waals surface area contributed by atoms with Gasteiger partial charge in [0.25, 0.3) is 0 Å². The van der Waals surface area contributed by atoms with Crippen LogP contribution in [-0.4, -0.2) is 16.8 Å². The minimum absolute atomic E-state index is 0.0301. The maximum Gasteiger partial charge on any atom is 0.244 e. The van der Waals surface area contributed by atoms with Crippen molar-refractivity contribution >= 4 is 23.2 Å². The zero-order valence-electron chi connectivity index (χ0n) is 14.0. The molecule has 3 rings (SSSR count). The molecule has 0 atom stereocenters. The number of hydrazine groups is 1. The van der Waals surface area contributed by atoms with Gasteiger partial charge >= 0.3 is 0 Å². The number of hydrogen-bond acceptors (Lipinski definition) is 4. The van der Waals surface area contributed by atoms with E-state index in [0.717, 1.165) is 5.56 Å². The fourth-order valence-corrected chi connectivity index (χ4v) is 3.15. The maximum absolute atomic E-state index is 13.5.